The summed E-state index contributed by atoms with van der Waals surface area (Å²) in [5, 5.41) is 9.66. The van der Waals surface area contributed by atoms with E-state index < -0.39 is 12.1 Å². The van der Waals surface area contributed by atoms with Crippen LogP contribution in [0.1, 0.15) is 37.8 Å². The maximum absolute atomic E-state index is 12.5. The quantitative estimate of drug-likeness (QED) is 0.219. The van der Waals surface area contributed by atoms with Gasteiger partial charge in [0.15, 0.2) is 0 Å². The van der Waals surface area contributed by atoms with E-state index in [1.54, 1.807) is 0 Å². The van der Waals surface area contributed by atoms with Gasteiger partial charge in [-0.25, -0.2) is 14.0 Å². The van der Waals surface area contributed by atoms with Crippen LogP contribution in [0.4, 0.5) is 14.5 Å². The van der Waals surface area contributed by atoms with Crippen molar-refractivity contribution in [3.8, 4) is 5.97 Å². The molecule has 1 heterocycles. The third-order valence-corrected chi connectivity index (χ3v) is 6.81. The van der Waals surface area contributed by atoms with Crippen molar-refractivity contribution < 1.29 is 8.78 Å². The SMILES string of the molecule is C=C(NNC(=C)C(F)F)c1ccc(CN(SC2CCB(C#N)CC2)c2ccccc2)cc1.CC. The van der Waals surface area contributed by atoms with Gasteiger partial charge in [-0.3, -0.25) is 5.43 Å². The Kier molecular flexibility index (Phi) is 11.6. The Morgan fingerprint density at radius 3 is 2.26 bits per heavy atom. The van der Waals surface area contributed by atoms with Gasteiger partial charge in [-0.05, 0) is 48.0 Å². The molecule has 1 saturated heterocycles. The monoisotopic (exact) mass is 482 g/mol. The van der Waals surface area contributed by atoms with Crippen LogP contribution in [0.5, 0.6) is 0 Å². The van der Waals surface area contributed by atoms with Gasteiger partial charge in [0, 0.05) is 16.9 Å². The molecule has 4 nitrogen and oxygen atoms in total. The normalized spacial score (nSPS) is 13.4. The summed E-state index contributed by atoms with van der Waals surface area (Å²) < 4.78 is 27.4. The molecule has 0 aliphatic carbocycles. The van der Waals surface area contributed by atoms with Crippen LogP contribution >= 0.6 is 11.9 Å². The molecule has 0 spiro atoms. The second kappa shape index (κ2) is 14.4. The highest BCUT2D eigenvalue weighted by atomic mass is 32.2. The number of allylic oxidation sites excluding steroid dienone is 1. The van der Waals surface area contributed by atoms with Gasteiger partial charge >= 0.3 is 0 Å². The number of nitrogens with zero attached hydrogens (tertiary/aromatic N) is 2. The number of anilines is 1. The Hall–Kier alpha value is -2.92. The average Bonchev–Trinajstić information content (AvgIpc) is 2.89. The molecule has 1 fully saturated rings. The van der Waals surface area contributed by atoms with E-state index in [0.29, 0.717) is 10.9 Å². The predicted molar refractivity (Wildman–Crippen MR) is 142 cm³/mol. The molecule has 8 heteroatoms. The van der Waals surface area contributed by atoms with E-state index >= 15 is 0 Å². The molecule has 2 aromatic rings. The highest BCUT2D eigenvalue weighted by Crippen LogP contribution is 2.35. The van der Waals surface area contributed by atoms with Gasteiger partial charge < -0.3 is 9.73 Å². The Morgan fingerprint density at radius 2 is 1.71 bits per heavy atom. The molecule has 34 heavy (non-hydrogen) atoms. The average molecular weight is 482 g/mol. The first-order valence-corrected chi connectivity index (χ1v) is 12.5. The maximum Gasteiger partial charge on any atom is 0.279 e. The van der Waals surface area contributed by atoms with E-state index in [2.05, 4.69) is 46.4 Å². The van der Waals surface area contributed by atoms with E-state index in [0.717, 1.165) is 48.8 Å². The fourth-order valence-corrected chi connectivity index (χ4v) is 4.83. The summed E-state index contributed by atoms with van der Waals surface area (Å²) in [6.07, 6.45) is 1.38. The molecule has 1 aliphatic rings. The largest absolute Gasteiger partial charge is 0.312 e. The number of nitriles is 1. The molecule has 1 aliphatic heterocycles. The van der Waals surface area contributed by atoms with Gasteiger partial charge in [0.1, 0.15) is 0 Å². The number of hydrogen-bond donors (Lipinski definition) is 2. The summed E-state index contributed by atoms with van der Waals surface area (Å²) in [6, 6.07) is 18.2. The molecule has 3 rings (SSSR count). The van der Waals surface area contributed by atoms with Crippen LogP contribution in [0.3, 0.4) is 0 Å². The fourth-order valence-electron chi connectivity index (χ4n) is 3.52. The third-order valence-electron chi connectivity index (χ3n) is 5.44. The zero-order chi connectivity index (χ0) is 24.9. The highest BCUT2D eigenvalue weighted by molar-refractivity contribution is 8.01. The van der Waals surface area contributed by atoms with Crippen molar-refractivity contribution >= 4 is 30.0 Å². The maximum atomic E-state index is 12.5. The zero-order valence-corrected chi connectivity index (χ0v) is 20.8. The molecule has 0 unspecified atom stereocenters. The number of para-hydroxylation sites is 1. The number of hydrogen-bond acceptors (Lipinski definition) is 5. The Bertz CT molecular complexity index is 940. The van der Waals surface area contributed by atoms with Gasteiger partial charge in [0.05, 0.1) is 17.9 Å². The Morgan fingerprint density at radius 1 is 1.09 bits per heavy atom. The van der Waals surface area contributed by atoms with Crippen molar-refractivity contribution in [1.82, 2.24) is 10.9 Å². The summed E-state index contributed by atoms with van der Waals surface area (Å²) in [5.74, 6) is 2.40. The van der Waals surface area contributed by atoms with Gasteiger partial charge in [-0.2, -0.15) is 0 Å². The lowest BCUT2D eigenvalue weighted by Crippen LogP contribution is -2.31. The lowest BCUT2D eigenvalue weighted by atomic mass is 9.43. The van der Waals surface area contributed by atoms with E-state index in [4.69, 9.17) is 5.26 Å². The Labute approximate surface area is 207 Å². The summed E-state index contributed by atoms with van der Waals surface area (Å²) in [5.41, 5.74) is 8.21. The molecule has 0 amide bonds. The zero-order valence-electron chi connectivity index (χ0n) is 19.9. The van der Waals surface area contributed by atoms with E-state index in [1.165, 1.54) is 0 Å². The summed E-state index contributed by atoms with van der Waals surface area (Å²) in [6.45, 7) is 12.1. The molecule has 0 radical (unpaired) electrons. The van der Waals surface area contributed by atoms with Gasteiger partial charge in [0.2, 0.25) is 0 Å². The molecular weight excluding hydrogens is 449 g/mol. The lowest BCUT2D eigenvalue weighted by Gasteiger charge is -2.31. The van der Waals surface area contributed by atoms with Crippen molar-refractivity contribution in [2.75, 3.05) is 4.31 Å². The molecule has 2 aromatic carbocycles. The summed E-state index contributed by atoms with van der Waals surface area (Å²) in [7, 11) is 0. The topological polar surface area (TPSA) is 51.1 Å². The number of benzene rings is 2. The molecule has 0 atom stereocenters. The smallest absolute Gasteiger partial charge is 0.279 e. The van der Waals surface area contributed by atoms with Gasteiger partial charge in [-0.1, -0.05) is 82.1 Å². The van der Waals surface area contributed by atoms with Crippen molar-refractivity contribution in [2.24, 2.45) is 0 Å². The molecule has 180 valence electrons. The predicted octanol–water partition coefficient (Wildman–Crippen LogP) is 6.93. The third kappa shape index (κ3) is 8.46. The lowest BCUT2D eigenvalue weighted by molar-refractivity contribution is 0.179. The van der Waals surface area contributed by atoms with Crippen LogP contribution in [-0.2, 0) is 6.54 Å². The van der Waals surface area contributed by atoms with Crippen LogP contribution in [0.15, 0.2) is 73.5 Å². The van der Waals surface area contributed by atoms with E-state index in [-0.39, 0.29) is 6.71 Å². The van der Waals surface area contributed by atoms with Gasteiger partial charge in [0.25, 0.3) is 13.1 Å². The molecule has 0 bridgehead atoms. The van der Waals surface area contributed by atoms with Gasteiger partial charge in [-0.15, -0.1) is 0 Å². The van der Waals surface area contributed by atoms with Crippen LogP contribution in [-0.4, -0.2) is 18.4 Å². The molecule has 0 aromatic heterocycles. The first-order chi connectivity index (χ1) is 16.5. The summed E-state index contributed by atoms with van der Waals surface area (Å²) in [4.78, 5) is 0. The van der Waals surface area contributed by atoms with Crippen LogP contribution in [0.25, 0.3) is 5.70 Å². The van der Waals surface area contributed by atoms with E-state index in [9.17, 15) is 8.78 Å². The number of rotatable bonds is 10. The first kappa shape index (κ1) is 27.3. The standard InChI is InChI=1S/C24H27BF2N4S.C2H6/c1-18(29-30-19(2)24(26)27)21-10-8-20(9-11-21)16-31(22-6-4-3-5-7-22)32-23-12-14-25(17-28)15-13-23;1-2/h3-11,23-24,29-30H,1-2,12-16H2;1-2H3. The molecular formula is C26H33BF2N4S. The van der Waals surface area contributed by atoms with Crippen molar-refractivity contribution in [1.29, 1.82) is 5.26 Å². The second-order valence-corrected chi connectivity index (χ2v) is 9.15. The minimum Gasteiger partial charge on any atom is -0.312 e. The Balaban J connectivity index is 0.00000199. The van der Waals surface area contributed by atoms with Crippen LogP contribution < -0.4 is 15.2 Å². The minimum absolute atomic E-state index is 0.193. The van der Waals surface area contributed by atoms with Crippen molar-refractivity contribution in [2.45, 2.75) is 57.5 Å². The number of alkyl halides is 2. The fraction of sp³-hybridized carbons (Fsp3) is 0.346. The van der Waals surface area contributed by atoms with Crippen molar-refractivity contribution in [3.63, 3.8) is 0 Å². The van der Waals surface area contributed by atoms with Crippen molar-refractivity contribution in [3.05, 3.63) is 84.6 Å². The number of nitrogens with one attached hydrogen (secondary N) is 2. The van der Waals surface area contributed by atoms with Crippen LogP contribution in [0.2, 0.25) is 12.6 Å². The highest BCUT2D eigenvalue weighted by Gasteiger charge is 2.26. The van der Waals surface area contributed by atoms with Crippen LogP contribution in [0, 0.1) is 11.2 Å². The van der Waals surface area contributed by atoms with E-state index in [1.807, 2.05) is 68.3 Å². The second-order valence-electron chi connectivity index (χ2n) is 7.83. The summed E-state index contributed by atoms with van der Waals surface area (Å²) >= 11 is 1.85. The molecule has 0 saturated carbocycles. The number of halogens is 2. The number of hydrazine groups is 1. The minimum atomic E-state index is -2.64. The first-order valence-electron chi connectivity index (χ1n) is 11.6. The molecule has 2 N–H and O–H groups in total.